The maximum Gasteiger partial charge on any atom is 0.303 e. The van der Waals surface area contributed by atoms with Crippen LogP contribution in [-0.2, 0) is 9.22 Å². The molecule has 3 aromatic rings. The molecule has 1 saturated carbocycles. The van der Waals surface area contributed by atoms with Gasteiger partial charge in [-0.15, -0.1) is 0 Å². The lowest BCUT2D eigenvalue weighted by atomic mass is 9.84. The summed E-state index contributed by atoms with van der Waals surface area (Å²) < 4.78 is 23.1. The average molecular weight is 559 g/mol. The molecule has 0 radical (unpaired) electrons. The van der Waals surface area contributed by atoms with E-state index >= 15 is 4.39 Å². The van der Waals surface area contributed by atoms with Crippen LogP contribution in [0, 0.1) is 11.8 Å². The minimum absolute atomic E-state index is 0.0303. The van der Waals surface area contributed by atoms with Crippen LogP contribution in [0.3, 0.4) is 0 Å². The highest BCUT2D eigenvalue weighted by molar-refractivity contribution is 6.99. The molecule has 3 nitrogen and oxygen atoms in total. The van der Waals surface area contributed by atoms with Crippen molar-refractivity contribution < 1.29 is 18.7 Å². The minimum Gasteiger partial charge on any atom is -0.481 e. The van der Waals surface area contributed by atoms with Crippen molar-refractivity contribution in [3.63, 3.8) is 0 Å². The number of aliphatic carboxylic acids is 1. The van der Waals surface area contributed by atoms with Crippen LogP contribution in [0.2, 0.25) is 5.04 Å². The summed E-state index contributed by atoms with van der Waals surface area (Å²) in [6, 6.07) is 31.6. The van der Waals surface area contributed by atoms with E-state index in [2.05, 4.69) is 87.5 Å². The molecular weight excluding hydrogens is 515 g/mol. The van der Waals surface area contributed by atoms with Crippen LogP contribution >= 0.6 is 0 Å². The second kappa shape index (κ2) is 13.6. The lowest BCUT2D eigenvalue weighted by Gasteiger charge is -2.44. The van der Waals surface area contributed by atoms with E-state index in [1.165, 1.54) is 15.9 Å². The molecule has 5 heteroatoms. The number of halogens is 1. The largest absolute Gasteiger partial charge is 0.481 e. The Morgan fingerprint density at radius 3 is 1.98 bits per heavy atom. The van der Waals surface area contributed by atoms with Crippen molar-refractivity contribution in [2.45, 2.75) is 70.0 Å². The monoisotopic (exact) mass is 558 g/mol. The number of unbranched alkanes of at least 4 members (excludes halogenated alkanes) is 1. The Morgan fingerprint density at radius 1 is 0.900 bits per heavy atom. The van der Waals surface area contributed by atoms with Crippen molar-refractivity contribution in [3.8, 4) is 0 Å². The third-order valence-corrected chi connectivity index (χ3v) is 13.5. The van der Waals surface area contributed by atoms with Crippen LogP contribution in [0.25, 0.3) is 0 Å². The van der Waals surface area contributed by atoms with E-state index in [0.29, 0.717) is 32.3 Å². The molecule has 0 amide bonds. The van der Waals surface area contributed by atoms with Gasteiger partial charge in [-0.1, -0.05) is 124 Å². The first-order valence-electron chi connectivity index (χ1n) is 14.5. The van der Waals surface area contributed by atoms with E-state index in [1.54, 1.807) is 0 Å². The lowest BCUT2D eigenvalue weighted by Crippen LogP contribution is -2.67. The molecule has 0 saturated heterocycles. The molecule has 212 valence electrons. The first-order chi connectivity index (χ1) is 19.2. The zero-order valence-corrected chi connectivity index (χ0v) is 25.0. The Kier molecular flexibility index (Phi) is 10.2. The van der Waals surface area contributed by atoms with Gasteiger partial charge in [0, 0.05) is 13.0 Å². The quantitative estimate of drug-likeness (QED) is 0.142. The van der Waals surface area contributed by atoms with Crippen molar-refractivity contribution in [1.29, 1.82) is 0 Å². The second-order valence-corrected chi connectivity index (χ2v) is 16.4. The average Bonchev–Trinajstić information content (AvgIpc) is 3.26. The molecule has 0 aliphatic heterocycles. The fraction of sp³-hybridized carbons (Fsp3) is 0.400. The Balaban J connectivity index is 1.67. The summed E-state index contributed by atoms with van der Waals surface area (Å²) in [5.74, 6) is -0.819. The summed E-state index contributed by atoms with van der Waals surface area (Å²) in [7, 11) is -2.75. The number of carbonyl (C=O) groups is 1. The van der Waals surface area contributed by atoms with Crippen LogP contribution < -0.4 is 10.4 Å². The van der Waals surface area contributed by atoms with Crippen molar-refractivity contribution in [1.82, 2.24) is 0 Å². The van der Waals surface area contributed by atoms with Gasteiger partial charge in [-0.25, -0.2) is 4.39 Å². The van der Waals surface area contributed by atoms with E-state index in [4.69, 9.17) is 9.53 Å². The topological polar surface area (TPSA) is 46.5 Å². The van der Waals surface area contributed by atoms with Gasteiger partial charge >= 0.3 is 5.97 Å². The lowest BCUT2D eigenvalue weighted by molar-refractivity contribution is -0.137. The predicted molar refractivity (Wildman–Crippen MR) is 164 cm³/mol. The first kappa shape index (κ1) is 29.9. The molecule has 1 unspecified atom stereocenters. The van der Waals surface area contributed by atoms with Gasteiger partial charge in [0.2, 0.25) is 0 Å². The maximum atomic E-state index is 15.8. The molecule has 1 N–H and O–H groups in total. The van der Waals surface area contributed by atoms with Gasteiger partial charge < -0.3 is 9.53 Å². The SMILES string of the molecule is CC(C)(C)[Si](OC[C@@H]1C(c2ccccc2)C[C@@H](F)[C@H]1C/C=C\CCCC(=O)O)(c1ccccc1)c1ccccc1. The molecule has 4 atom stereocenters. The molecule has 3 aromatic carbocycles. The molecule has 40 heavy (non-hydrogen) atoms. The Hall–Kier alpha value is -3.02. The molecule has 1 fully saturated rings. The summed E-state index contributed by atoms with van der Waals surface area (Å²) >= 11 is 0. The summed E-state index contributed by atoms with van der Waals surface area (Å²) in [6.07, 6.45) is 5.74. The molecular formula is C35H43FO3Si. The second-order valence-electron chi connectivity index (χ2n) is 12.1. The van der Waals surface area contributed by atoms with Crippen molar-refractivity contribution >= 4 is 24.7 Å². The molecule has 0 aromatic heterocycles. The third-order valence-electron chi connectivity index (χ3n) is 8.48. The first-order valence-corrected chi connectivity index (χ1v) is 16.5. The smallest absolute Gasteiger partial charge is 0.303 e. The fourth-order valence-electron chi connectivity index (χ4n) is 6.53. The summed E-state index contributed by atoms with van der Waals surface area (Å²) in [5, 5.41) is 11.2. The highest BCUT2D eigenvalue weighted by Crippen LogP contribution is 2.48. The van der Waals surface area contributed by atoms with Crippen LogP contribution in [0.1, 0.15) is 64.4 Å². The summed E-state index contributed by atoms with van der Waals surface area (Å²) in [6.45, 7) is 7.32. The molecule has 0 bridgehead atoms. The normalized spacial score (nSPS) is 21.6. The van der Waals surface area contributed by atoms with Gasteiger partial charge in [-0.05, 0) is 64.4 Å². The Morgan fingerprint density at radius 2 is 1.45 bits per heavy atom. The fourth-order valence-corrected chi connectivity index (χ4v) is 11.1. The molecule has 1 aliphatic carbocycles. The number of allylic oxidation sites excluding steroid dienone is 2. The summed E-state index contributed by atoms with van der Waals surface area (Å²) in [5.41, 5.74) is 1.18. The van der Waals surface area contributed by atoms with Crippen molar-refractivity contribution in [2.75, 3.05) is 6.61 Å². The van der Waals surface area contributed by atoms with E-state index in [0.717, 1.165) is 0 Å². The maximum absolute atomic E-state index is 15.8. The van der Waals surface area contributed by atoms with E-state index in [-0.39, 0.29) is 29.2 Å². The highest BCUT2D eigenvalue weighted by atomic mass is 28.4. The van der Waals surface area contributed by atoms with Crippen LogP contribution in [0.5, 0.6) is 0 Å². The van der Waals surface area contributed by atoms with E-state index < -0.39 is 20.5 Å². The standard InChI is InChI=1S/C35H43FO3Si/c1-35(2,3)40(28-19-11-7-12-20-28,29-21-13-8-14-22-29)39-26-32-30(23-15-4-5-16-24-34(37)38)33(36)25-31(32)27-17-9-6-10-18-27/h4,6-15,17-22,30-33H,5,16,23-26H2,1-3H3,(H,37,38)/b15-4-/t30-,31?,32-,33+/m0/s1. The number of alkyl halides is 1. The van der Waals surface area contributed by atoms with Gasteiger partial charge in [-0.3, -0.25) is 4.79 Å². The third kappa shape index (κ3) is 6.81. The number of hydrogen-bond donors (Lipinski definition) is 1. The number of hydrogen-bond acceptors (Lipinski definition) is 2. The summed E-state index contributed by atoms with van der Waals surface area (Å²) in [4.78, 5) is 10.8. The van der Waals surface area contributed by atoms with Crippen molar-refractivity contribution in [3.05, 3.63) is 109 Å². The van der Waals surface area contributed by atoms with Crippen LogP contribution in [-0.4, -0.2) is 32.2 Å². The number of carboxylic acids is 1. The van der Waals surface area contributed by atoms with Gasteiger partial charge in [0.25, 0.3) is 8.32 Å². The van der Waals surface area contributed by atoms with E-state index in [1.807, 2.05) is 36.4 Å². The van der Waals surface area contributed by atoms with Gasteiger partial charge in [0.05, 0.1) is 0 Å². The van der Waals surface area contributed by atoms with Gasteiger partial charge in [-0.2, -0.15) is 0 Å². The Labute approximate surface area is 240 Å². The zero-order chi connectivity index (χ0) is 28.6. The van der Waals surface area contributed by atoms with Crippen LogP contribution in [0.15, 0.2) is 103 Å². The zero-order valence-electron chi connectivity index (χ0n) is 24.0. The van der Waals surface area contributed by atoms with Crippen molar-refractivity contribution in [2.24, 2.45) is 11.8 Å². The molecule has 4 rings (SSSR count). The van der Waals surface area contributed by atoms with Gasteiger partial charge in [0.15, 0.2) is 0 Å². The number of carboxylic acid groups (broad SMARTS) is 1. The van der Waals surface area contributed by atoms with Crippen LogP contribution in [0.4, 0.5) is 4.39 Å². The molecule has 0 heterocycles. The molecule has 1 aliphatic rings. The van der Waals surface area contributed by atoms with E-state index in [9.17, 15) is 4.79 Å². The molecule has 0 spiro atoms. The predicted octanol–water partition coefficient (Wildman–Crippen LogP) is 7.52. The Bertz CT molecular complexity index is 1180. The number of rotatable bonds is 12. The number of benzene rings is 3. The van der Waals surface area contributed by atoms with Gasteiger partial charge in [0.1, 0.15) is 6.17 Å². The minimum atomic E-state index is -2.75. The highest BCUT2D eigenvalue weighted by Gasteiger charge is 2.52.